The summed E-state index contributed by atoms with van der Waals surface area (Å²) in [7, 11) is 0. The second-order valence-electron chi connectivity index (χ2n) is 4.66. The Balaban J connectivity index is 2.70. The molecular formula is C14H23BrN2. The summed E-state index contributed by atoms with van der Waals surface area (Å²) in [5.74, 6) is 0.731. The van der Waals surface area contributed by atoms with Crippen molar-refractivity contribution in [1.29, 1.82) is 0 Å². The van der Waals surface area contributed by atoms with Crippen LogP contribution in [0.1, 0.15) is 51.8 Å². The minimum Gasteiger partial charge on any atom is -0.309 e. The van der Waals surface area contributed by atoms with E-state index >= 15 is 0 Å². The molecule has 2 nitrogen and oxygen atoms in total. The summed E-state index contributed by atoms with van der Waals surface area (Å²) in [6, 6.07) is 4.57. The van der Waals surface area contributed by atoms with Crippen LogP contribution in [-0.4, -0.2) is 11.5 Å². The fourth-order valence-corrected chi connectivity index (χ4v) is 2.02. The molecule has 0 aromatic carbocycles. The topological polar surface area (TPSA) is 24.9 Å². The first-order chi connectivity index (χ1) is 8.17. The third kappa shape index (κ3) is 5.17. The monoisotopic (exact) mass is 298 g/mol. The van der Waals surface area contributed by atoms with Gasteiger partial charge in [0, 0.05) is 16.7 Å². The summed E-state index contributed by atoms with van der Waals surface area (Å²) in [4.78, 5) is 4.51. The molecule has 0 aliphatic carbocycles. The highest BCUT2D eigenvalue weighted by atomic mass is 79.9. The number of hydrogen-bond donors (Lipinski definition) is 1. The first-order valence-electron chi connectivity index (χ1n) is 6.52. The Labute approximate surface area is 113 Å². The molecule has 17 heavy (non-hydrogen) atoms. The number of pyridine rings is 1. The summed E-state index contributed by atoms with van der Waals surface area (Å²) in [5.41, 5.74) is 1.15. The van der Waals surface area contributed by atoms with Gasteiger partial charge in [0.15, 0.2) is 0 Å². The molecule has 1 aromatic heterocycles. The van der Waals surface area contributed by atoms with E-state index in [1.54, 1.807) is 0 Å². The van der Waals surface area contributed by atoms with Gasteiger partial charge in [-0.3, -0.25) is 4.98 Å². The van der Waals surface area contributed by atoms with E-state index < -0.39 is 0 Å². The molecule has 1 heterocycles. The maximum absolute atomic E-state index is 4.51. The van der Waals surface area contributed by atoms with E-state index in [0.717, 1.165) is 35.5 Å². The molecule has 0 aliphatic heterocycles. The zero-order chi connectivity index (χ0) is 12.7. The molecule has 0 amide bonds. The molecule has 1 rings (SSSR count). The van der Waals surface area contributed by atoms with Crippen LogP contribution in [0.2, 0.25) is 0 Å². The number of nitrogens with one attached hydrogen (secondary N) is 1. The molecule has 0 spiro atoms. The zero-order valence-electron chi connectivity index (χ0n) is 11.0. The molecule has 2 atom stereocenters. The van der Waals surface area contributed by atoms with Crippen LogP contribution >= 0.6 is 15.9 Å². The fourth-order valence-electron chi connectivity index (χ4n) is 1.79. The maximum atomic E-state index is 4.51. The lowest BCUT2D eigenvalue weighted by Crippen LogP contribution is -2.24. The van der Waals surface area contributed by atoms with Gasteiger partial charge in [-0.25, -0.2) is 0 Å². The van der Waals surface area contributed by atoms with Gasteiger partial charge in [0.25, 0.3) is 0 Å². The Hall–Kier alpha value is -0.410. The minimum atomic E-state index is 0.387. The Morgan fingerprint density at radius 2 is 2.12 bits per heavy atom. The van der Waals surface area contributed by atoms with Gasteiger partial charge in [0.2, 0.25) is 0 Å². The van der Waals surface area contributed by atoms with E-state index in [4.69, 9.17) is 0 Å². The molecule has 0 fully saturated rings. The summed E-state index contributed by atoms with van der Waals surface area (Å²) >= 11 is 3.43. The number of rotatable bonds is 7. The Bertz CT molecular complexity index is 311. The molecule has 96 valence electrons. The molecule has 2 unspecified atom stereocenters. The highest BCUT2D eigenvalue weighted by molar-refractivity contribution is 9.10. The standard InChI is InChI=1S/C14H23BrN2/c1-4-8-16-14(9-11(3)5-2)13-7-6-12(15)10-17-13/h6-7,10-11,14,16H,4-5,8-9H2,1-3H3. The van der Waals surface area contributed by atoms with Crippen molar-refractivity contribution >= 4 is 15.9 Å². The van der Waals surface area contributed by atoms with E-state index in [1.165, 1.54) is 6.42 Å². The molecule has 1 N–H and O–H groups in total. The van der Waals surface area contributed by atoms with Gasteiger partial charge in [-0.15, -0.1) is 0 Å². The number of hydrogen-bond acceptors (Lipinski definition) is 2. The summed E-state index contributed by atoms with van der Waals surface area (Å²) in [6.45, 7) is 7.80. The van der Waals surface area contributed by atoms with E-state index in [-0.39, 0.29) is 0 Å². The van der Waals surface area contributed by atoms with Crippen LogP contribution in [0.3, 0.4) is 0 Å². The van der Waals surface area contributed by atoms with Crippen LogP contribution in [0.4, 0.5) is 0 Å². The third-order valence-corrected chi connectivity index (χ3v) is 3.55. The average molecular weight is 299 g/mol. The predicted molar refractivity (Wildman–Crippen MR) is 77.0 cm³/mol. The van der Waals surface area contributed by atoms with Gasteiger partial charge in [-0.05, 0) is 53.4 Å². The van der Waals surface area contributed by atoms with Crippen molar-refractivity contribution < 1.29 is 0 Å². The number of halogens is 1. The summed E-state index contributed by atoms with van der Waals surface area (Å²) < 4.78 is 1.04. The lowest BCUT2D eigenvalue weighted by Gasteiger charge is -2.21. The van der Waals surface area contributed by atoms with Crippen molar-refractivity contribution in [3.8, 4) is 0 Å². The van der Waals surface area contributed by atoms with Crippen molar-refractivity contribution in [3.05, 3.63) is 28.5 Å². The molecule has 0 bridgehead atoms. The minimum absolute atomic E-state index is 0.387. The first-order valence-corrected chi connectivity index (χ1v) is 7.31. The van der Waals surface area contributed by atoms with Gasteiger partial charge in [0.05, 0.1) is 5.69 Å². The van der Waals surface area contributed by atoms with Crippen molar-refractivity contribution in [2.45, 2.75) is 46.1 Å². The van der Waals surface area contributed by atoms with Crippen molar-refractivity contribution in [2.24, 2.45) is 5.92 Å². The van der Waals surface area contributed by atoms with Crippen LogP contribution in [0.25, 0.3) is 0 Å². The maximum Gasteiger partial charge on any atom is 0.0574 e. The SMILES string of the molecule is CCCNC(CC(C)CC)c1ccc(Br)cn1. The van der Waals surface area contributed by atoms with E-state index in [9.17, 15) is 0 Å². The van der Waals surface area contributed by atoms with Crippen molar-refractivity contribution in [2.75, 3.05) is 6.54 Å². The van der Waals surface area contributed by atoms with E-state index in [0.29, 0.717) is 6.04 Å². The van der Waals surface area contributed by atoms with Gasteiger partial charge in [-0.2, -0.15) is 0 Å². The van der Waals surface area contributed by atoms with Crippen LogP contribution in [0.15, 0.2) is 22.8 Å². The molecular weight excluding hydrogens is 276 g/mol. The Morgan fingerprint density at radius 3 is 2.65 bits per heavy atom. The van der Waals surface area contributed by atoms with Crippen LogP contribution < -0.4 is 5.32 Å². The van der Waals surface area contributed by atoms with E-state index in [2.05, 4.69) is 59.1 Å². The molecule has 0 radical (unpaired) electrons. The third-order valence-electron chi connectivity index (χ3n) is 3.08. The normalized spacial score (nSPS) is 14.6. The van der Waals surface area contributed by atoms with Crippen LogP contribution in [-0.2, 0) is 0 Å². The quantitative estimate of drug-likeness (QED) is 0.811. The Morgan fingerprint density at radius 1 is 1.35 bits per heavy atom. The second kappa shape index (κ2) is 7.83. The predicted octanol–water partition coefficient (Wildman–Crippen LogP) is 4.32. The zero-order valence-corrected chi connectivity index (χ0v) is 12.6. The summed E-state index contributed by atoms with van der Waals surface area (Å²) in [6.07, 6.45) is 5.42. The van der Waals surface area contributed by atoms with Crippen molar-refractivity contribution in [3.63, 3.8) is 0 Å². The van der Waals surface area contributed by atoms with E-state index in [1.807, 2.05) is 6.20 Å². The lowest BCUT2D eigenvalue weighted by atomic mass is 9.97. The highest BCUT2D eigenvalue weighted by Crippen LogP contribution is 2.22. The van der Waals surface area contributed by atoms with Gasteiger partial charge < -0.3 is 5.32 Å². The molecule has 0 saturated heterocycles. The average Bonchev–Trinajstić information content (AvgIpc) is 2.35. The highest BCUT2D eigenvalue weighted by Gasteiger charge is 2.14. The van der Waals surface area contributed by atoms with Gasteiger partial charge >= 0.3 is 0 Å². The van der Waals surface area contributed by atoms with Gasteiger partial charge in [0.1, 0.15) is 0 Å². The second-order valence-corrected chi connectivity index (χ2v) is 5.57. The lowest BCUT2D eigenvalue weighted by molar-refractivity contribution is 0.396. The fraction of sp³-hybridized carbons (Fsp3) is 0.643. The number of nitrogens with zero attached hydrogens (tertiary/aromatic N) is 1. The van der Waals surface area contributed by atoms with Crippen molar-refractivity contribution in [1.82, 2.24) is 10.3 Å². The smallest absolute Gasteiger partial charge is 0.0574 e. The molecule has 3 heteroatoms. The number of aromatic nitrogens is 1. The van der Waals surface area contributed by atoms with Crippen LogP contribution in [0, 0.1) is 5.92 Å². The van der Waals surface area contributed by atoms with Crippen LogP contribution in [0.5, 0.6) is 0 Å². The molecule has 0 aliphatic rings. The molecule has 0 saturated carbocycles. The van der Waals surface area contributed by atoms with Gasteiger partial charge in [-0.1, -0.05) is 27.2 Å². The Kier molecular flexibility index (Phi) is 6.75. The first kappa shape index (κ1) is 14.7. The summed E-state index contributed by atoms with van der Waals surface area (Å²) in [5, 5.41) is 3.59. The molecule has 1 aromatic rings. The largest absolute Gasteiger partial charge is 0.309 e.